The van der Waals surface area contributed by atoms with Crippen LogP contribution < -0.4 is 4.72 Å². The number of carbonyl (C=O) groups is 1. The monoisotopic (exact) mass is 372 g/mol. The molecular formula is C19H20N2O4S. The van der Waals surface area contributed by atoms with Crippen LogP contribution >= 0.6 is 0 Å². The second-order valence-corrected chi connectivity index (χ2v) is 7.73. The van der Waals surface area contributed by atoms with Crippen LogP contribution in [0.3, 0.4) is 0 Å². The first-order valence-electron chi connectivity index (χ1n) is 8.33. The molecule has 0 amide bonds. The molecule has 3 rings (SSSR count). The molecule has 0 atom stereocenters. The summed E-state index contributed by atoms with van der Waals surface area (Å²) in [6.45, 7) is 2.59. The third-order valence-electron chi connectivity index (χ3n) is 3.99. The number of carbonyl (C=O) groups excluding carboxylic acids is 1. The van der Waals surface area contributed by atoms with Crippen LogP contribution in [0.1, 0.15) is 29.5 Å². The molecule has 26 heavy (non-hydrogen) atoms. The highest BCUT2D eigenvalue weighted by molar-refractivity contribution is 7.90. The average molecular weight is 372 g/mol. The molecule has 136 valence electrons. The molecule has 2 aromatic carbocycles. The zero-order valence-electron chi connectivity index (χ0n) is 14.4. The minimum atomic E-state index is -3.52. The second-order valence-electron chi connectivity index (χ2n) is 6.08. The highest BCUT2D eigenvalue weighted by Crippen LogP contribution is 2.22. The van der Waals surface area contributed by atoms with E-state index in [1.807, 2.05) is 31.2 Å². The van der Waals surface area contributed by atoms with Crippen LogP contribution in [0.15, 0.2) is 58.4 Å². The average Bonchev–Trinajstić information content (AvgIpc) is 2.89. The molecule has 1 heterocycles. The van der Waals surface area contributed by atoms with E-state index >= 15 is 0 Å². The van der Waals surface area contributed by atoms with Gasteiger partial charge in [-0.25, -0.2) is 8.42 Å². The van der Waals surface area contributed by atoms with Crippen molar-refractivity contribution in [3.8, 4) is 0 Å². The molecule has 0 fully saturated rings. The maximum atomic E-state index is 12.0. The Balaban J connectivity index is 1.47. The van der Waals surface area contributed by atoms with Crippen LogP contribution in [0, 0.1) is 6.92 Å². The molecule has 1 aliphatic heterocycles. The van der Waals surface area contributed by atoms with E-state index in [2.05, 4.69) is 9.71 Å². The Morgan fingerprint density at radius 2 is 1.85 bits per heavy atom. The van der Waals surface area contributed by atoms with Gasteiger partial charge in [0, 0.05) is 18.5 Å². The first kappa shape index (κ1) is 18.1. The van der Waals surface area contributed by atoms with Crippen LogP contribution in [0.25, 0.3) is 0 Å². The highest BCUT2D eigenvalue weighted by atomic mass is 32.2. The molecule has 0 bridgehead atoms. The molecule has 1 aliphatic rings. The Morgan fingerprint density at radius 3 is 2.62 bits per heavy atom. The lowest BCUT2D eigenvalue weighted by Crippen LogP contribution is -2.22. The van der Waals surface area contributed by atoms with Crippen LogP contribution in [-0.4, -0.2) is 26.8 Å². The van der Waals surface area contributed by atoms with Crippen LogP contribution in [-0.2, 0) is 26.2 Å². The molecule has 0 aromatic heterocycles. The number of aliphatic imine (C=N–C) groups is 1. The van der Waals surface area contributed by atoms with Gasteiger partial charge in [0.1, 0.15) is 12.4 Å². The second kappa shape index (κ2) is 7.70. The van der Waals surface area contributed by atoms with Crippen molar-refractivity contribution in [3.63, 3.8) is 0 Å². The quantitative estimate of drug-likeness (QED) is 0.624. The number of nitrogens with zero attached hydrogens (tertiary/aromatic N) is 1. The van der Waals surface area contributed by atoms with Crippen molar-refractivity contribution in [3.05, 3.63) is 65.2 Å². The van der Waals surface area contributed by atoms with E-state index in [1.54, 1.807) is 24.3 Å². The fourth-order valence-corrected chi connectivity index (χ4v) is 3.84. The summed E-state index contributed by atoms with van der Waals surface area (Å²) in [5.41, 5.74) is 2.67. The van der Waals surface area contributed by atoms with Gasteiger partial charge in [0.2, 0.25) is 0 Å². The van der Waals surface area contributed by atoms with E-state index in [-0.39, 0.29) is 23.9 Å². The van der Waals surface area contributed by atoms with Gasteiger partial charge in [-0.2, -0.15) is 0 Å². The summed E-state index contributed by atoms with van der Waals surface area (Å²) < 4.78 is 31.6. The Kier molecular flexibility index (Phi) is 5.37. The molecule has 6 nitrogen and oxygen atoms in total. The number of nitrogens with one attached hydrogen (secondary N) is 1. The van der Waals surface area contributed by atoms with Crippen molar-refractivity contribution in [1.29, 1.82) is 0 Å². The zero-order chi connectivity index (χ0) is 18.6. The minimum Gasteiger partial charge on any atom is -0.461 e. The maximum absolute atomic E-state index is 12.0. The SMILES string of the molecule is Cc1ccc(COC(=O)CCCN=C2NS(=O)(=O)c3ccccc32)cc1. The van der Waals surface area contributed by atoms with Gasteiger partial charge in [-0.05, 0) is 31.0 Å². The lowest BCUT2D eigenvalue weighted by atomic mass is 10.2. The highest BCUT2D eigenvalue weighted by Gasteiger charge is 2.29. The number of hydrogen-bond donors (Lipinski definition) is 1. The molecule has 0 aliphatic carbocycles. The molecular weight excluding hydrogens is 352 g/mol. The van der Waals surface area contributed by atoms with Crippen molar-refractivity contribution >= 4 is 21.8 Å². The Bertz CT molecular complexity index is 934. The summed E-state index contributed by atoms with van der Waals surface area (Å²) >= 11 is 0. The maximum Gasteiger partial charge on any atom is 0.306 e. The van der Waals surface area contributed by atoms with E-state index in [0.717, 1.165) is 11.1 Å². The van der Waals surface area contributed by atoms with E-state index < -0.39 is 10.0 Å². The summed E-state index contributed by atoms with van der Waals surface area (Å²) in [6, 6.07) is 14.5. The smallest absolute Gasteiger partial charge is 0.306 e. The van der Waals surface area contributed by atoms with Crippen LogP contribution in [0.5, 0.6) is 0 Å². The summed E-state index contributed by atoms with van der Waals surface area (Å²) in [4.78, 5) is 16.3. The van der Waals surface area contributed by atoms with Gasteiger partial charge in [0.15, 0.2) is 0 Å². The molecule has 2 aromatic rings. The van der Waals surface area contributed by atoms with Gasteiger partial charge >= 0.3 is 5.97 Å². The lowest BCUT2D eigenvalue weighted by molar-refractivity contribution is -0.145. The normalized spacial score (nSPS) is 16.1. The molecule has 0 saturated carbocycles. The van der Waals surface area contributed by atoms with Gasteiger partial charge in [0.25, 0.3) is 10.0 Å². The Hall–Kier alpha value is -2.67. The van der Waals surface area contributed by atoms with E-state index in [4.69, 9.17) is 4.74 Å². The van der Waals surface area contributed by atoms with E-state index in [1.165, 1.54) is 0 Å². The number of aryl methyl sites for hydroxylation is 1. The fraction of sp³-hybridized carbons (Fsp3) is 0.263. The molecule has 1 N–H and O–H groups in total. The van der Waals surface area contributed by atoms with Gasteiger partial charge < -0.3 is 4.74 Å². The largest absolute Gasteiger partial charge is 0.461 e. The molecule has 0 unspecified atom stereocenters. The van der Waals surface area contributed by atoms with Gasteiger partial charge in [0.05, 0.1) is 4.90 Å². The van der Waals surface area contributed by atoms with Crippen LogP contribution in [0.2, 0.25) is 0 Å². The summed E-state index contributed by atoms with van der Waals surface area (Å²) in [5, 5.41) is 0. The molecule has 7 heteroatoms. The molecule has 0 spiro atoms. The van der Waals surface area contributed by atoms with Gasteiger partial charge in [-0.3, -0.25) is 14.5 Å². The standard InChI is InChI=1S/C19H20N2O4S/c1-14-8-10-15(11-9-14)13-25-18(22)7-4-12-20-19-16-5-2-3-6-17(16)26(23,24)21-19/h2-3,5-6,8-11H,4,7,12-13H2,1H3,(H,20,21). The third-order valence-corrected chi connectivity index (χ3v) is 5.39. The summed E-state index contributed by atoms with van der Waals surface area (Å²) in [6.07, 6.45) is 0.719. The molecule has 0 saturated heterocycles. The number of fused-ring (bicyclic) bond motifs is 1. The van der Waals surface area contributed by atoms with Crippen molar-refractivity contribution < 1.29 is 17.9 Å². The van der Waals surface area contributed by atoms with Crippen molar-refractivity contribution in [2.24, 2.45) is 4.99 Å². The first-order valence-corrected chi connectivity index (χ1v) is 9.82. The lowest BCUT2D eigenvalue weighted by Gasteiger charge is -2.05. The predicted octanol–water partition coefficient (Wildman–Crippen LogP) is 2.56. The number of sulfonamides is 1. The topological polar surface area (TPSA) is 84.8 Å². The van der Waals surface area contributed by atoms with E-state index in [0.29, 0.717) is 24.4 Å². The third kappa shape index (κ3) is 4.29. The van der Waals surface area contributed by atoms with Gasteiger partial charge in [-0.1, -0.05) is 42.0 Å². The number of hydrogen-bond acceptors (Lipinski definition) is 5. The first-order chi connectivity index (χ1) is 12.5. The van der Waals surface area contributed by atoms with Crippen molar-refractivity contribution in [2.75, 3.05) is 6.54 Å². The number of benzene rings is 2. The summed E-state index contributed by atoms with van der Waals surface area (Å²) in [5.74, 6) is 0.0341. The van der Waals surface area contributed by atoms with E-state index in [9.17, 15) is 13.2 Å². The zero-order valence-corrected chi connectivity index (χ0v) is 15.3. The van der Waals surface area contributed by atoms with Crippen molar-refractivity contribution in [2.45, 2.75) is 31.3 Å². The Labute approximate surface area is 153 Å². The number of ether oxygens (including phenoxy) is 1. The predicted molar refractivity (Wildman–Crippen MR) is 98.4 cm³/mol. The molecule has 0 radical (unpaired) electrons. The number of rotatable bonds is 6. The van der Waals surface area contributed by atoms with Crippen molar-refractivity contribution in [1.82, 2.24) is 4.72 Å². The number of amidine groups is 1. The fourth-order valence-electron chi connectivity index (χ4n) is 2.59. The van der Waals surface area contributed by atoms with Gasteiger partial charge in [-0.15, -0.1) is 0 Å². The minimum absolute atomic E-state index is 0.233. The number of esters is 1. The summed E-state index contributed by atoms with van der Waals surface area (Å²) in [7, 11) is -3.52. The van der Waals surface area contributed by atoms with Crippen LogP contribution in [0.4, 0.5) is 0 Å². The Morgan fingerprint density at radius 1 is 1.12 bits per heavy atom.